The third-order valence-corrected chi connectivity index (χ3v) is 2.17. The fourth-order valence-corrected chi connectivity index (χ4v) is 1.33. The van der Waals surface area contributed by atoms with Crippen molar-refractivity contribution < 1.29 is 22.3 Å². The highest BCUT2D eigenvalue weighted by molar-refractivity contribution is 5.19. The van der Waals surface area contributed by atoms with Crippen LogP contribution >= 0.6 is 0 Å². The van der Waals surface area contributed by atoms with Crippen LogP contribution in [0.1, 0.15) is 11.6 Å². The van der Waals surface area contributed by atoms with E-state index in [2.05, 4.69) is 10.1 Å². The Morgan fingerprint density at radius 1 is 1.24 bits per heavy atom. The van der Waals surface area contributed by atoms with E-state index < -0.39 is 18.8 Å². The molecule has 1 aromatic carbocycles. The van der Waals surface area contributed by atoms with Crippen LogP contribution in [-0.2, 0) is 4.74 Å². The van der Waals surface area contributed by atoms with E-state index in [1.165, 1.54) is 24.3 Å². The van der Waals surface area contributed by atoms with Gasteiger partial charge < -0.3 is 10.1 Å². The Morgan fingerprint density at radius 2 is 1.82 bits per heavy atom. The first-order valence-electron chi connectivity index (χ1n) is 4.99. The molecule has 1 N–H and O–H groups in total. The summed E-state index contributed by atoms with van der Waals surface area (Å²) in [5, 5.41) is 2.81. The number of benzene rings is 1. The molecule has 0 saturated carbocycles. The van der Waals surface area contributed by atoms with Gasteiger partial charge in [0, 0.05) is 0 Å². The van der Waals surface area contributed by atoms with Gasteiger partial charge in [0.25, 0.3) is 0 Å². The molecule has 17 heavy (non-hydrogen) atoms. The van der Waals surface area contributed by atoms with Crippen LogP contribution in [0.15, 0.2) is 24.3 Å². The lowest BCUT2D eigenvalue weighted by Gasteiger charge is -2.17. The molecule has 0 heterocycles. The van der Waals surface area contributed by atoms with Gasteiger partial charge in [-0.15, -0.1) is 0 Å². The van der Waals surface area contributed by atoms with E-state index in [4.69, 9.17) is 0 Å². The summed E-state index contributed by atoms with van der Waals surface area (Å²) in [6.07, 6.45) is -4.33. The SMILES string of the molecule is CNC(COCC(F)(F)F)c1ccc(F)cc1. The standard InChI is InChI=1S/C11H13F4NO/c1-16-10(6-17-7-11(13,14)15)8-2-4-9(12)5-3-8/h2-5,10,16H,6-7H2,1H3. The monoisotopic (exact) mass is 251 g/mol. The molecule has 0 bridgehead atoms. The van der Waals surface area contributed by atoms with Crippen molar-refractivity contribution >= 4 is 0 Å². The predicted molar refractivity (Wildman–Crippen MR) is 55.1 cm³/mol. The van der Waals surface area contributed by atoms with Gasteiger partial charge in [0.05, 0.1) is 12.6 Å². The van der Waals surface area contributed by atoms with Crippen molar-refractivity contribution in [3.05, 3.63) is 35.6 Å². The van der Waals surface area contributed by atoms with Crippen LogP contribution in [0.4, 0.5) is 17.6 Å². The van der Waals surface area contributed by atoms with E-state index in [1.807, 2.05) is 0 Å². The van der Waals surface area contributed by atoms with Crippen molar-refractivity contribution in [1.29, 1.82) is 0 Å². The van der Waals surface area contributed by atoms with Crippen molar-refractivity contribution in [2.45, 2.75) is 12.2 Å². The maximum atomic E-state index is 12.7. The highest BCUT2D eigenvalue weighted by Crippen LogP contribution is 2.17. The van der Waals surface area contributed by atoms with Crippen molar-refractivity contribution in [2.24, 2.45) is 0 Å². The first-order chi connectivity index (χ1) is 7.92. The lowest BCUT2D eigenvalue weighted by molar-refractivity contribution is -0.175. The van der Waals surface area contributed by atoms with Gasteiger partial charge in [-0.3, -0.25) is 0 Å². The van der Waals surface area contributed by atoms with Crippen LogP contribution in [0.3, 0.4) is 0 Å². The maximum absolute atomic E-state index is 12.7. The molecule has 0 aliphatic rings. The smallest absolute Gasteiger partial charge is 0.370 e. The van der Waals surface area contributed by atoms with E-state index in [0.717, 1.165) is 0 Å². The minimum absolute atomic E-state index is 0.123. The Hall–Kier alpha value is -1.14. The summed E-state index contributed by atoms with van der Waals surface area (Å²) in [5.41, 5.74) is 0.677. The van der Waals surface area contributed by atoms with Gasteiger partial charge in [0.1, 0.15) is 12.4 Å². The van der Waals surface area contributed by atoms with Gasteiger partial charge in [0.2, 0.25) is 0 Å². The summed E-state index contributed by atoms with van der Waals surface area (Å²) < 4.78 is 52.8. The molecule has 6 heteroatoms. The van der Waals surface area contributed by atoms with Crippen LogP contribution < -0.4 is 5.32 Å². The minimum atomic E-state index is -4.33. The second-order valence-electron chi connectivity index (χ2n) is 3.52. The van der Waals surface area contributed by atoms with Gasteiger partial charge in [-0.25, -0.2) is 4.39 Å². The van der Waals surface area contributed by atoms with E-state index in [0.29, 0.717) is 5.56 Å². The number of nitrogens with one attached hydrogen (secondary N) is 1. The molecular formula is C11H13F4NO. The molecule has 0 fully saturated rings. The predicted octanol–water partition coefficient (Wildman–Crippen LogP) is 2.67. The molecule has 0 aliphatic carbocycles. The first kappa shape index (κ1) is 13.9. The van der Waals surface area contributed by atoms with Gasteiger partial charge >= 0.3 is 6.18 Å². The third kappa shape index (κ3) is 5.14. The average Bonchev–Trinajstić information content (AvgIpc) is 2.24. The molecule has 2 nitrogen and oxygen atoms in total. The van der Waals surface area contributed by atoms with Crippen molar-refractivity contribution in [2.75, 3.05) is 20.3 Å². The molecule has 0 radical (unpaired) electrons. The summed E-state index contributed by atoms with van der Waals surface area (Å²) in [6, 6.07) is 5.13. The third-order valence-electron chi connectivity index (χ3n) is 2.17. The Balaban J connectivity index is 2.51. The molecule has 0 aliphatic heterocycles. The highest BCUT2D eigenvalue weighted by Gasteiger charge is 2.27. The average molecular weight is 251 g/mol. The van der Waals surface area contributed by atoms with Crippen LogP contribution in [0, 0.1) is 5.82 Å². The van der Waals surface area contributed by atoms with E-state index in [9.17, 15) is 17.6 Å². The highest BCUT2D eigenvalue weighted by atomic mass is 19.4. The molecule has 0 saturated heterocycles. The van der Waals surface area contributed by atoms with Gasteiger partial charge in [0.15, 0.2) is 0 Å². The van der Waals surface area contributed by atoms with E-state index >= 15 is 0 Å². The minimum Gasteiger partial charge on any atom is -0.370 e. The lowest BCUT2D eigenvalue weighted by atomic mass is 10.1. The van der Waals surface area contributed by atoms with Crippen molar-refractivity contribution in [3.63, 3.8) is 0 Å². The fraction of sp³-hybridized carbons (Fsp3) is 0.455. The second-order valence-corrected chi connectivity index (χ2v) is 3.52. The quantitative estimate of drug-likeness (QED) is 0.812. The van der Waals surface area contributed by atoms with Crippen LogP contribution in [0.2, 0.25) is 0 Å². The van der Waals surface area contributed by atoms with Crippen LogP contribution in [0.5, 0.6) is 0 Å². The summed E-state index contributed by atoms with van der Waals surface area (Å²) >= 11 is 0. The number of likely N-dealkylation sites (N-methyl/N-ethyl adjacent to an activating group) is 1. The summed E-state index contributed by atoms with van der Waals surface area (Å²) in [4.78, 5) is 0. The number of halogens is 4. The van der Waals surface area contributed by atoms with Crippen LogP contribution in [0.25, 0.3) is 0 Å². The fourth-order valence-electron chi connectivity index (χ4n) is 1.33. The zero-order valence-corrected chi connectivity index (χ0v) is 9.22. The molecule has 1 atom stereocenters. The van der Waals surface area contributed by atoms with Crippen molar-refractivity contribution in [1.82, 2.24) is 5.32 Å². The lowest BCUT2D eigenvalue weighted by Crippen LogP contribution is -2.25. The molecule has 0 spiro atoms. The van der Waals surface area contributed by atoms with Crippen LogP contribution in [-0.4, -0.2) is 26.4 Å². The summed E-state index contributed by atoms with van der Waals surface area (Å²) in [6.45, 7) is -1.41. The van der Waals surface area contributed by atoms with Gasteiger partial charge in [-0.2, -0.15) is 13.2 Å². The zero-order chi connectivity index (χ0) is 12.9. The van der Waals surface area contributed by atoms with Crippen molar-refractivity contribution in [3.8, 4) is 0 Å². The normalized spacial score (nSPS) is 13.7. The molecule has 0 amide bonds. The maximum Gasteiger partial charge on any atom is 0.411 e. The summed E-state index contributed by atoms with van der Waals surface area (Å²) in [5.74, 6) is -0.389. The molecule has 96 valence electrons. The Labute approximate surface area is 96.6 Å². The zero-order valence-electron chi connectivity index (χ0n) is 9.22. The molecular weight excluding hydrogens is 238 g/mol. The largest absolute Gasteiger partial charge is 0.411 e. The molecule has 1 aromatic rings. The molecule has 0 aromatic heterocycles. The number of hydrogen-bond acceptors (Lipinski definition) is 2. The Bertz CT molecular complexity index is 336. The van der Waals surface area contributed by atoms with Gasteiger partial charge in [-0.05, 0) is 24.7 Å². The molecule has 1 unspecified atom stereocenters. The van der Waals surface area contributed by atoms with Gasteiger partial charge in [-0.1, -0.05) is 12.1 Å². The Morgan fingerprint density at radius 3 is 2.29 bits per heavy atom. The Kier molecular flexibility index (Phi) is 4.89. The van der Waals surface area contributed by atoms with E-state index in [1.54, 1.807) is 7.05 Å². The first-order valence-corrected chi connectivity index (χ1v) is 4.99. The number of rotatable bonds is 5. The number of alkyl halides is 3. The van der Waals surface area contributed by atoms with E-state index in [-0.39, 0.29) is 12.4 Å². The number of hydrogen-bond donors (Lipinski definition) is 1. The number of ether oxygens (including phenoxy) is 1. The topological polar surface area (TPSA) is 21.3 Å². The summed E-state index contributed by atoms with van der Waals surface area (Å²) in [7, 11) is 1.60. The molecule has 1 rings (SSSR count). The second kappa shape index (κ2) is 5.97.